The van der Waals surface area contributed by atoms with Crippen LogP contribution in [0.2, 0.25) is 0 Å². The number of halogens is 2. The van der Waals surface area contributed by atoms with Gasteiger partial charge in [-0.3, -0.25) is 4.39 Å². The van der Waals surface area contributed by atoms with Gasteiger partial charge in [-0.25, -0.2) is 4.39 Å². The van der Waals surface area contributed by atoms with Gasteiger partial charge >= 0.3 is 0 Å². The Hall–Kier alpha value is -0.180. The van der Waals surface area contributed by atoms with Crippen LogP contribution in [0.25, 0.3) is 0 Å². The molecular formula is C15H30F2O. The molecule has 0 N–H and O–H groups in total. The topological polar surface area (TPSA) is 9.23 Å². The SMILES string of the molecule is CCC(CC)C(F)(CCCF)OC(C)(CC)CC. The van der Waals surface area contributed by atoms with Crippen LogP contribution in [0.1, 0.15) is 73.1 Å². The van der Waals surface area contributed by atoms with Crippen molar-refractivity contribution in [2.24, 2.45) is 5.92 Å². The summed E-state index contributed by atoms with van der Waals surface area (Å²) in [5.74, 6) is -1.84. The van der Waals surface area contributed by atoms with E-state index in [0.717, 1.165) is 25.7 Å². The largest absolute Gasteiger partial charge is 0.339 e. The maximum atomic E-state index is 15.1. The van der Waals surface area contributed by atoms with Crippen LogP contribution in [-0.4, -0.2) is 18.1 Å². The third-order valence-electron chi connectivity index (χ3n) is 4.16. The Morgan fingerprint density at radius 1 is 1.06 bits per heavy atom. The van der Waals surface area contributed by atoms with Crippen molar-refractivity contribution in [3.63, 3.8) is 0 Å². The molecule has 0 saturated carbocycles. The summed E-state index contributed by atoms with van der Waals surface area (Å²) in [4.78, 5) is 0. The summed E-state index contributed by atoms with van der Waals surface area (Å²) in [6.45, 7) is 9.41. The summed E-state index contributed by atoms with van der Waals surface area (Å²) >= 11 is 0. The van der Waals surface area contributed by atoms with Crippen molar-refractivity contribution in [1.29, 1.82) is 0 Å². The quantitative estimate of drug-likeness (QED) is 0.511. The van der Waals surface area contributed by atoms with Crippen molar-refractivity contribution in [2.45, 2.75) is 84.6 Å². The molecule has 1 unspecified atom stereocenters. The lowest BCUT2D eigenvalue weighted by Gasteiger charge is -2.40. The van der Waals surface area contributed by atoms with E-state index in [2.05, 4.69) is 0 Å². The molecule has 0 aromatic rings. The van der Waals surface area contributed by atoms with Gasteiger partial charge in [-0.15, -0.1) is 0 Å². The zero-order valence-electron chi connectivity index (χ0n) is 12.7. The number of hydrogen-bond donors (Lipinski definition) is 0. The van der Waals surface area contributed by atoms with Crippen molar-refractivity contribution in [3.05, 3.63) is 0 Å². The van der Waals surface area contributed by atoms with Crippen LogP contribution in [0, 0.1) is 5.92 Å². The second-order valence-corrected chi connectivity index (χ2v) is 5.35. The Bertz CT molecular complexity index is 213. The highest BCUT2D eigenvalue weighted by Gasteiger charge is 2.42. The molecule has 0 radical (unpaired) electrons. The van der Waals surface area contributed by atoms with Crippen molar-refractivity contribution in [2.75, 3.05) is 6.67 Å². The first-order valence-corrected chi connectivity index (χ1v) is 7.36. The van der Waals surface area contributed by atoms with Crippen LogP contribution in [0.5, 0.6) is 0 Å². The van der Waals surface area contributed by atoms with Gasteiger partial charge in [-0.2, -0.15) is 0 Å². The Labute approximate surface area is 111 Å². The molecule has 0 amide bonds. The molecule has 1 atom stereocenters. The van der Waals surface area contributed by atoms with Gasteiger partial charge < -0.3 is 4.74 Å². The first-order chi connectivity index (χ1) is 8.41. The second kappa shape index (κ2) is 8.08. The van der Waals surface area contributed by atoms with Crippen LogP contribution >= 0.6 is 0 Å². The molecule has 1 nitrogen and oxygen atoms in total. The maximum absolute atomic E-state index is 15.1. The van der Waals surface area contributed by atoms with Gasteiger partial charge in [0, 0.05) is 12.3 Å². The summed E-state index contributed by atoms with van der Waals surface area (Å²) in [5.41, 5.74) is -0.451. The zero-order valence-corrected chi connectivity index (χ0v) is 12.7. The number of hydrogen-bond acceptors (Lipinski definition) is 1. The smallest absolute Gasteiger partial charge is 0.212 e. The molecule has 0 heterocycles. The van der Waals surface area contributed by atoms with E-state index >= 15 is 4.39 Å². The highest BCUT2D eigenvalue weighted by Crippen LogP contribution is 2.39. The van der Waals surface area contributed by atoms with Crippen LogP contribution < -0.4 is 0 Å². The standard InChI is InChI=1S/C15H30F2O/c1-6-13(7-2)15(17,11-10-12-16)18-14(5,8-3)9-4/h13H,6-12H2,1-5H3. The van der Waals surface area contributed by atoms with Crippen molar-refractivity contribution in [3.8, 4) is 0 Å². The molecule has 0 aliphatic heterocycles. The van der Waals surface area contributed by atoms with Gasteiger partial charge in [0.25, 0.3) is 0 Å². The molecular weight excluding hydrogens is 234 g/mol. The molecule has 0 saturated heterocycles. The van der Waals surface area contributed by atoms with E-state index in [0.29, 0.717) is 0 Å². The number of rotatable bonds is 10. The fourth-order valence-corrected chi connectivity index (χ4v) is 2.35. The summed E-state index contributed by atoms with van der Waals surface area (Å²) in [6.07, 6.45) is 3.38. The van der Waals surface area contributed by atoms with Crippen molar-refractivity contribution < 1.29 is 13.5 Å². The molecule has 3 heteroatoms. The molecule has 0 aliphatic carbocycles. The van der Waals surface area contributed by atoms with E-state index in [9.17, 15) is 4.39 Å². The minimum absolute atomic E-state index is 0.151. The Kier molecular flexibility index (Phi) is 8.00. The summed E-state index contributed by atoms with van der Waals surface area (Å²) in [5, 5.41) is 0. The predicted molar refractivity (Wildman–Crippen MR) is 73.2 cm³/mol. The lowest BCUT2D eigenvalue weighted by atomic mass is 9.89. The number of ether oxygens (including phenoxy) is 1. The average Bonchev–Trinajstić information content (AvgIpc) is 2.37. The molecule has 0 aliphatic rings. The molecule has 0 spiro atoms. The van der Waals surface area contributed by atoms with E-state index in [1.54, 1.807) is 0 Å². The van der Waals surface area contributed by atoms with Crippen LogP contribution in [0.3, 0.4) is 0 Å². The van der Waals surface area contributed by atoms with Crippen LogP contribution in [0.15, 0.2) is 0 Å². The Balaban J connectivity index is 4.95. The summed E-state index contributed by atoms with van der Waals surface area (Å²) in [6, 6.07) is 0. The van der Waals surface area contributed by atoms with E-state index in [1.165, 1.54) is 0 Å². The number of alkyl halides is 2. The normalized spacial score (nSPS) is 16.0. The van der Waals surface area contributed by atoms with Gasteiger partial charge in [0.15, 0.2) is 0 Å². The third-order valence-corrected chi connectivity index (χ3v) is 4.16. The molecule has 0 bridgehead atoms. The van der Waals surface area contributed by atoms with Gasteiger partial charge in [0.05, 0.1) is 12.3 Å². The highest BCUT2D eigenvalue weighted by atomic mass is 19.2. The zero-order chi connectivity index (χ0) is 14.2. The van der Waals surface area contributed by atoms with Gasteiger partial charge in [-0.05, 0) is 39.0 Å². The maximum Gasteiger partial charge on any atom is 0.212 e. The fourth-order valence-electron chi connectivity index (χ4n) is 2.35. The molecule has 18 heavy (non-hydrogen) atoms. The molecule has 0 fully saturated rings. The summed E-state index contributed by atoms with van der Waals surface area (Å²) < 4.78 is 33.3. The van der Waals surface area contributed by atoms with Gasteiger partial charge in [-0.1, -0.05) is 27.7 Å². The van der Waals surface area contributed by atoms with E-state index in [4.69, 9.17) is 4.74 Å². The van der Waals surface area contributed by atoms with E-state index in [1.807, 2.05) is 34.6 Å². The van der Waals surface area contributed by atoms with Crippen molar-refractivity contribution >= 4 is 0 Å². The monoisotopic (exact) mass is 264 g/mol. The Morgan fingerprint density at radius 2 is 1.56 bits per heavy atom. The van der Waals surface area contributed by atoms with Gasteiger partial charge in [0.1, 0.15) is 0 Å². The van der Waals surface area contributed by atoms with Crippen LogP contribution in [-0.2, 0) is 4.74 Å². The lowest BCUT2D eigenvalue weighted by Crippen LogP contribution is -2.44. The minimum atomic E-state index is -1.68. The minimum Gasteiger partial charge on any atom is -0.339 e. The summed E-state index contributed by atoms with van der Waals surface area (Å²) in [7, 11) is 0. The first kappa shape index (κ1) is 17.8. The predicted octanol–water partition coefficient (Wildman–Crippen LogP) is 5.43. The second-order valence-electron chi connectivity index (χ2n) is 5.35. The van der Waals surface area contributed by atoms with Gasteiger partial charge in [0.2, 0.25) is 5.85 Å². The third kappa shape index (κ3) is 4.83. The fraction of sp³-hybridized carbons (Fsp3) is 1.00. The first-order valence-electron chi connectivity index (χ1n) is 7.36. The molecule has 0 rings (SSSR count). The van der Waals surface area contributed by atoms with Crippen LogP contribution in [0.4, 0.5) is 8.78 Å². The highest BCUT2D eigenvalue weighted by molar-refractivity contribution is 4.83. The van der Waals surface area contributed by atoms with E-state index < -0.39 is 18.1 Å². The molecule has 0 aromatic carbocycles. The lowest BCUT2D eigenvalue weighted by molar-refractivity contribution is -0.253. The van der Waals surface area contributed by atoms with E-state index in [-0.39, 0.29) is 18.8 Å². The molecule has 0 aromatic heterocycles. The average molecular weight is 264 g/mol. The molecule has 110 valence electrons. The van der Waals surface area contributed by atoms with Crippen molar-refractivity contribution in [1.82, 2.24) is 0 Å². The Morgan fingerprint density at radius 3 is 1.89 bits per heavy atom.